The first-order valence-electron chi connectivity index (χ1n) is 5.49. The number of aromatic nitrogens is 2. The van der Waals surface area contributed by atoms with E-state index in [0.717, 1.165) is 11.3 Å². The van der Waals surface area contributed by atoms with Crippen LogP contribution in [0.1, 0.15) is 17.0 Å². The summed E-state index contributed by atoms with van der Waals surface area (Å²) in [6.45, 7) is 0. The van der Waals surface area contributed by atoms with Gasteiger partial charge in [0.25, 0.3) is 0 Å². The highest BCUT2D eigenvalue weighted by Crippen LogP contribution is 2.21. The normalized spacial score (nSPS) is 10.1. The van der Waals surface area contributed by atoms with Gasteiger partial charge in [-0.05, 0) is 36.6 Å². The van der Waals surface area contributed by atoms with Gasteiger partial charge >= 0.3 is 0 Å². The molecule has 0 saturated heterocycles. The molecule has 2 rings (SSSR count). The molecule has 18 heavy (non-hydrogen) atoms. The van der Waals surface area contributed by atoms with Crippen LogP contribution in [0.2, 0.25) is 0 Å². The Kier molecular flexibility index (Phi) is 3.58. The summed E-state index contributed by atoms with van der Waals surface area (Å²) < 4.78 is 18.3. The van der Waals surface area contributed by atoms with Crippen molar-refractivity contribution in [3.05, 3.63) is 47.3 Å². The van der Waals surface area contributed by atoms with Crippen molar-refractivity contribution in [2.45, 2.75) is 12.8 Å². The zero-order chi connectivity index (χ0) is 13.0. The predicted molar refractivity (Wildman–Crippen MR) is 63.7 cm³/mol. The van der Waals surface area contributed by atoms with Crippen LogP contribution in [0.5, 0.6) is 5.75 Å². The number of H-pyrrole nitrogens is 1. The summed E-state index contributed by atoms with van der Waals surface area (Å²) in [4.78, 5) is 6.80. The average Bonchev–Trinajstić information content (AvgIpc) is 2.84. The summed E-state index contributed by atoms with van der Waals surface area (Å²) in [7, 11) is 1.55. The van der Waals surface area contributed by atoms with Crippen molar-refractivity contribution in [3.8, 4) is 11.8 Å². The standard InChI is InChI=1S/C13H12FN3O/c1-18-13-5-3-10(14)6-9(13)2-4-11-12(7-15)17-8-16-11/h3,5-6,8H,2,4H2,1H3,(H,16,17). The van der Waals surface area contributed by atoms with E-state index >= 15 is 0 Å². The molecule has 0 aliphatic heterocycles. The molecule has 0 bridgehead atoms. The van der Waals surface area contributed by atoms with Crippen LogP contribution >= 0.6 is 0 Å². The summed E-state index contributed by atoms with van der Waals surface area (Å²) in [5.41, 5.74) is 1.91. The number of nitriles is 1. The first-order valence-corrected chi connectivity index (χ1v) is 5.49. The third kappa shape index (κ3) is 2.48. The molecular formula is C13H12FN3O. The number of aromatic amines is 1. The van der Waals surface area contributed by atoms with Gasteiger partial charge in [-0.15, -0.1) is 0 Å². The molecule has 4 nitrogen and oxygen atoms in total. The third-order valence-electron chi connectivity index (χ3n) is 2.71. The zero-order valence-corrected chi connectivity index (χ0v) is 9.90. The average molecular weight is 245 g/mol. The lowest BCUT2D eigenvalue weighted by Crippen LogP contribution is -1.98. The maximum atomic E-state index is 13.2. The lowest BCUT2D eigenvalue weighted by Gasteiger charge is -2.07. The highest BCUT2D eigenvalue weighted by molar-refractivity contribution is 5.35. The third-order valence-corrected chi connectivity index (χ3v) is 2.71. The highest BCUT2D eigenvalue weighted by Gasteiger charge is 2.08. The number of ether oxygens (including phenoxy) is 1. The van der Waals surface area contributed by atoms with Crippen molar-refractivity contribution in [1.29, 1.82) is 5.26 Å². The molecule has 0 saturated carbocycles. The van der Waals surface area contributed by atoms with Gasteiger partial charge in [0.05, 0.1) is 19.1 Å². The van der Waals surface area contributed by atoms with Crippen molar-refractivity contribution >= 4 is 0 Å². The number of hydrogen-bond acceptors (Lipinski definition) is 3. The molecule has 1 heterocycles. The number of halogens is 1. The molecule has 0 unspecified atom stereocenters. The first-order chi connectivity index (χ1) is 8.74. The Labute approximate surface area is 104 Å². The first kappa shape index (κ1) is 12.1. The van der Waals surface area contributed by atoms with Crippen molar-refractivity contribution < 1.29 is 9.13 Å². The Morgan fingerprint density at radius 3 is 3.00 bits per heavy atom. The number of imidazole rings is 1. The largest absolute Gasteiger partial charge is 0.496 e. The van der Waals surface area contributed by atoms with E-state index in [0.29, 0.717) is 24.3 Å². The number of nitrogens with zero attached hydrogens (tertiary/aromatic N) is 2. The van der Waals surface area contributed by atoms with Crippen LogP contribution in [-0.4, -0.2) is 17.1 Å². The Morgan fingerprint density at radius 1 is 1.44 bits per heavy atom. The van der Waals surface area contributed by atoms with Gasteiger partial charge in [-0.1, -0.05) is 0 Å². The van der Waals surface area contributed by atoms with Crippen molar-refractivity contribution in [2.75, 3.05) is 7.11 Å². The summed E-state index contributed by atoms with van der Waals surface area (Å²) in [6.07, 6.45) is 2.65. The fraction of sp³-hybridized carbons (Fsp3) is 0.231. The summed E-state index contributed by atoms with van der Waals surface area (Å²) in [5, 5.41) is 8.83. The fourth-order valence-electron chi connectivity index (χ4n) is 1.81. The van der Waals surface area contributed by atoms with Crippen molar-refractivity contribution in [3.63, 3.8) is 0 Å². The Balaban J connectivity index is 2.15. The smallest absolute Gasteiger partial charge is 0.161 e. The summed E-state index contributed by atoms with van der Waals surface area (Å²) in [6, 6.07) is 6.41. The predicted octanol–water partition coefficient (Wildman–Crippen LogP) is 2.21. The Bertz CT molecular complexity index is 586. The molecule has 5 heteroatoms. The molecule has 0 aliphatic rings. The van der Waals surface area contributed by atoms with Gasteiger partial charge in [0.1, 0.15) is 17.6 Å². The maximum absolute atomic E-state index is 13.2. The van der Waals surface area contributed by atoms with Crippen LogP contribution in [0.25, 0.3) is 0 Å². The minimum Gasteiger partial charge on any atom is -0.496 e. The van der Waals surface area contributed by atoms with Gasteiger partial charge in [-0.25, -0.2) is 9.37 Å². The van der Waals surface area contributed by atoms with Crippen LogP contribution in [0.4, 0.5) is 4.39 Å². The number of benzene rings is 1. The number of aryl methyl sites for hydroxylation is 2. The molecule has 2 aromatic rings. The molecule has 0 atom stereocenters. The number of nitrogens with one attached hydrogen (secondary N) is 1. The zero-order valence-electron chi connectivity index (χ0n) is 9.90. The van der Waals surface area contributed by atoms with E-state index in [-0.39, 0.29) is 5.82 Å². The van der Waals surface area contributed by atoms with Gasteiger partial charge < -0.3 is 9.72 Å². The summed E-state index contributed by atoms with van der Waals surface area (Å²) in [5.74, 6) is 0.352. The van der Waals surface area contributed by atoms with Gasteiger partial charge in [-0.3, -0.25) is 0 Å². The van der Waals surface area contributed by atoms with Crippen LogP contribution in [0.15, 0.2) is 24.5 Å². The van der Waals surface area contributed by atoms with Gasteiger partial charge in [0.2, 0.25) is 0 Å². The van der Waals surface area contributed by atoms with Gasteiger partial charge in [0, 0.05) is 0 Å². The molecule has 0 radical (unpaired) electrons. The van der Waals surface area contributed by atoms with Gasteiger partial charge in [-0.2, -0.15) is 5.26 Å². The number of hydrogen-bond donors (Lipinski definition) is 1. The SMILES string of the molecule is COc1ccc(F)cc1CCc1[nH]cnc1C#N. The Hall–Kier alpha value is -2.35. The van der Waals surface area contributed by atoms with Crippen LogP contribution in [0, 0.1) is 17.1 Å². The molecule has 0 spiro atoms. The van der Waals surface area contributed by atoms with E-state index in [9.17, 15) is 4.39 Å². The lowest BCUT2D eigenvalue weighted by molar-refractivity contribution is 0.408. The topological polar surface area (TPSA) is 61.7 Å². The molecule has 0 amide bonds. The summed E-state index contributed by atoms with van der Waals surface area (Å²) >= 11 is 0. The van der Waals surface area contributed by atoms with Gasteiger partial charge in [0.15, 0.2) is 5.69 Å². The molecule has 0 aliphatic carbocycles. The quantitative estimate of drug-likeness (QED) is 0.898. The second-order valence-electron chi connectivity index (χ2n) is 3.80. The highest BCUT2D eigenvalue weighted by atomic mass is 19.1. The van der Waals surface area contributed by atoms with E-state index in [2.05, 4.69) is 9.97 Å². The second kappa shape index (κ2) is 5.32. The number of methoxy groups -OCH3 is 1. The molecule has 1 N–H and O–H groups in total. The minimum absolute atomic E-state index is 0.295. The van der Waals surface area contributed by atoms with E-state index in [1.807, 2.05) is 6.07 Å². The van der Waals surface area contributed by atoms with E-state index < -0.39 is 0 Å². The lowest BCUT2D eigenvalue weighted by atomic mass is 10.1. The van der Waals surface area contributed by atoms with E-state index in [1.54, 1.807) is 13.2 Å². The Morgan fingerprint density at radius 2 is 2.28 bits per heavy atom. The maximum Gasteiger partial charge on any atom is 0.161 e. The molecule has 92 valence electrons. The molecule has 0 fully saturated rings. The van der Waals surface area contributed by atoms with Crippen molar-refractivity contribution in [1.82, 2.24) is 9.97 Å². The molecule has 1 aromatic carbocycles. The van der Waals surface area contributed by atoms with E-state index in [4.69, 9.17) is 10.00 Å². The number of rotatable bonds is 4. The molecular weight excluding hydrogens is 233 g/mol. The van der Waals surface area contributed by atoms with Crippen molar-refractivity contribution in [2.24, 2.45) is 0 Å². The monoisotopic (exact) mass is 245 g/mol. The minimum atomic E-state index is -0.295. The van der Waals surface area contributed by atoms with Crippen LogP contribution < -0.4 is 4.74 Å². The van der Waals surface area contributed by atoms with Crippen LogP contribution in [-0.2, 0) is 12.8 Å². The van der Waals surface area contributed by atoms with E-state index in [1.165, 1.54) is 18.5 Å². The molecule has 1 aromatic heterocycles. The van der Waals surface area contributed by atoms with Crippen LogP contribution in [0.3, 0.4) is 0 Å². The second-order valence-corrected chi connectivity index (χ2v) is 3.80. The fourth-order valence-corrected chi connectivity index (χ4v) is 1.81.